The third-order valence-corrected chi connectivity index (χ3v) is 7.45. The van der Waals surface area contributed by atoms with Crippen molar-refractivity contribution in [3.8, 4) is 0 Å². The van der Waals surface area contributed by atoms with Crippen LogP contribution in [0, 0.1) is 5.82 Å². The first-order chi connectivity index (χ1) is 11.9. The van der Waals surface area contributed by atoms with Gasteiger partial charge in [-0.2, -0.15) is 0 Å². The maximum atomic E-state index is 13.4. The van der Waals surface area contributed by atoms with E-state index in [0.717, 1.165) is 43.8 Å². The Morgan fingerprint density at radius 1 is 1.24 bits per heavy atom. The molecule has 1 atom stereocenters. The third kappa shape index (κ3) is 4.33. The fourth-order valence-electron chi connectivity index (χ4n) is 2.99. The predicted molar refractivity (Wildman–Crippen MR) is 99.2 cm³/mol. The van der Waals surface area contributed by atoms with Crippen molar-refractivity contribution in [2.45, 2.75) is 23.8 Å². The number of likely N-dealkylation sites (tertiary alicyclic amines) is 1. The summed E-state index contributed by atoms with van der Waals surface area (Å²) >= 11 is 6.26. The average molecular weight is 496 g/mol. The molecular weight excluding hydrogens is 479 g/mol. The smallest absolute Gasteiger partial charge is 0.242 e. The molecule has 1 saturated heterocycles. The highest BCUT2D eigenvalue weighted by atomic mass is 79.9. The lowest BCUT2D eigenvalue weighted by Crippen LogP contribution is -2.36. The minimum Gasteiger partial charge on any atom is -0.468 e. The zero-order valence-electron chi connectivity index (χ0n) is 13.2. The molecule has 0 radical (unpaired) electrons. The monoisotopic (exact) mass is 494 g/mol. The normalized spacial score (nSPS) is 17.1. The van der Waals surface area contributed by atoms with E-state index in [4.69, 9.17) is 4.42 Å². The van der Waals surface area contributed by atoms with E-state index < -0.39 is 15.8 Å². The van der Waals surface area contributed by atoms with Gasteiger partial charge in [-0.15, -0.1) is 0 Å². The highest BCUT2D eigenvalue weighted by molar-refractivity contribution is 9.11. The van der Waals surface area contributed by atoms with E-state index in [9.17, 15) is 12.8 Å². The third-order valence-electron chi connectivity index (χ3n) is 4.15. The SMILES string of the molecule is O=S(=O)(NCC(c1ccco1)N1CCCC1)c1c(Br)cc(F)cc1Br. The second-order valence-corrected chi connectivity index (χ2v) is 9.24. The van der Waals surface area contributed by atoms with Crippen molar-refractivity contribution < 1.29 is 17.2 Å². The summed E-state index contributed by atoms with van der Waals surface area (Å²) in [6.45, 7) is 1.97. The first-order valence-corrected chi connectivity index (χ1v) is 10.9. The minimum atomic E-state index is -3.83. The van der Waals surface area contributed by atoms with E-state index in [1.807, 2.05) is 6.07 Å². The molecule has 1 aliphatic heterocycles. The quantitative estimate of drug-likeness (QED) is 0.656. The second kappa shape index (κ2) is 7.87. The molecule has 5 nitrogen and oxygen atoms in total. The summed E-state index contributed by atoms with van der Waals surface area (Å²) in [5, 5.41) is 0. The van der Waals surface area contributed by atoms with Gasteiger partial charge in [0, 0.05) is 15.5 Å². The summed E-state index contributed by atoms with van der Waals surface area (Å²) in [6, 6.07) is 5.72. The second-order valence-electron chi connectivity index (χ2n) is 5.82. The maximum Gasteiger partial charge on any atom is 0.242 e. The lowest BCUT2D eigenvalue weighted by molar-refractivity contribution is 0.216. The summed E-state index contributed by atoms with van der Waals surface area (Å²) < 4.78 is 47.3. The summed E-state index contributed by atoms with van der Waals surface area (Å²) in [6.07, 6.45) is 3.75. The molecule has 0 aliphatic carbocycles. The van der Waals surface area contributed by atoms with Gasteiger partial charge in [0.15, 0.2) is 0 Å². The van der Waals surface area contributed by atoms with Crippen LogP contribution < -0.4 is 4.72 Å². The number of halogens is 3. The van der Waals surface area contributed by atoms with Crippen molar-refractivity contribution in [1.29, 1.82) is 0 Å². The van der Waals surface area contributed by atoms with E-state index in [1.54, 1.807) is 12.3 Å². The summed E-state index contributed by atoms with van der Waals surface area (Å²) in [5.74, 6) is 0.199. The van der Waals surface area contributed by atoms with Crippen LogP contribution in [0.4, 0.5) is 4.39 Å². The molecule has 0 spiro atoms. The average Bonchev–Trinajstić information content (AvgIpc) is 3.19. The van der Waals surface area contributed by atoms with E-state index in [1.165, 1.54) is 0 Å². The molecule has 3 rings (SSSR count). The largest absolute Gasteiger partial charge is 0.468 e. The van der Waals surface area contributed by atoms with Crippen LogP contribution >= 0.6 is 31.9 Å². The standard InChI is InChI=1S/C16H17Br2FN2O3S/c17-12-8-11(19)9-13(18)16(12)25(22,23)20-10-14(15-4-3-7-24-15)21-5-1-2-6-21/h3-4,7-9,14,20H,1-2,5-6,10H2. The molecule has 2 aromatic rings. The summed E-state index contributed by atoms with van der Waals surface area (Å²) in [7, 11) is -3.83. The first kappa shape index (κ1) is 19.0. The number of nitrogens with one attached hydrogen (secondary N) is 1. The van der Waals surface area contributed by atoms with Crippen LogP contribution in [0.1, 0.15) is 24.6 Å². The lowest BCUT2D eigenvalue weighted by atomic mass is 10.2. The molecular formula is C16H17Br2FN2O3S. The number of hydrogen-bond donors (Lipinski definition) is 1. The molecule has 9 heteroatoms. The molecule has 1 N–H and O–H groups in total. The van der Waals surface area contributed by atoms with Gasteiger partial charge in [-0.3, -0.25) is 4.90 Å². The highest BCUT2D eigenvalue weighted by Gasteiger charge is 2.29. The molecule has 0 amide bonds. The lowest BCUT2D eigenvalue weighted by Gasteiger charge is -2.26. The summed E-state index contributed by atoms with van der Waals surface area (Å²) in [4.78, 5) is 2.18. The Kier molecular flexibility index (Phi) is 5.99. The number of furan rings is 1. The Balaban J connectivity index is 1.83. The molecule has 1 fully saturated rings. The van der Waals surface area contributed by atoms with Crippen molar-refractivity contribution in [3.05, 3.63) is 51.1 Å². The number of sulfonamides is 1. The van der Waals surface area contributed by atoms with E-state index >= 15 is 0 Å². The topological polar surface area (TPSA) is 62.6 Å². The van der Waals surface area contributed by atoms with Gasteiger partial charge in [0.2, 0.25) is 10.0 Å². The zero-order chi connectivity index (χ0) is 18.0. The van der Waals surface area contributed by atoms with Crippen molar-refractivity contribution in [3.63, 3.8) is 0 Å². The molecule has 1 unspecified atom stereocenters. The van der Waals surface area contributed by atoms with E-state index in [-0.39, 0.29) is 26.4 Å². The maximum absolute atomic E-state index is 13.4. The van der Waals surface area contributed by atoms with Gasteiger partial charge in [-0.25, -0.2) is 17.5 Å². The number of nitrogens with zero attached hydrogens (tertiary/aromatic N) is 1. The number of hydrogen-bond acceptors (Lipinski definition) is 4. The van der Waals surface area contributed by atoms with Gasteiger partial charge in [-0.05, 0) is 82.1 Å². The molecule has 136 valence electrons. The van der Waals surface area contributed by atoms with Crippen LogP contribution in [0.5, 0.6) is 0 Å². The van der Waals surface area contributed by atoms with E-state index in [2.05, 4.69) is 41.5 Å². The van der Waals surface area contributed by atoms with Gasteiger partial charge < -0.3 is 4.42 Å². The van der Waals surface area contributed by atoms with Crippen LogP contribution in [0.2, 0.25) is 0 Å². The van der Waals surface area contributed by atoms with Gasteiger partial charge >= 0.3 is 0 Å². The fourth-order valence-corrected chi connectivity index (χ4v) is 6.55. The minimum absolute atomic E-state index is 0.0199. The molecule has 1 aromatic heterocycles. The molecule has 2 heterocycles. The van der Waals surface area contributed by atoms with Gasteiger partial charge in [0.05, 0.1) is 12.3 Å². The Morgan fingerprint density at radius 2 is 1.88 bits per heavy atom. The van der Waals surface area contributed by atoms with Crippen LogP contribution in [0.25, 0.3) is 0 Å². The Morgan fingerprint density at radius 3 is 2.44 bits per heavy atom. The Bertz CT molecular complexity index is 814. The van der Waals surface area contributed by atoms with Crippen LogP contribution in [-0.2, 0) is 10.0 Å². The molecule has 0 saturated carbocycles. The van der Waals surface area contributed by atoms with Gasteiger partial charge in [0.1, 0.15) is 16.5 Å². The Hall–Kier alpha value is -0.740. The molecule has 25 heavy (non-hydrogen) atoms. The number of rotatable bonds is 6. The van der Waals surface area contributed by atoms with Crippen molar-refractivity contribution in [1.82, 2.24) is 9.62 Å². The van der Waals surface area contributed by atoms with E-state index in [0.29, 0.717) is 0 Å². The summed E-state index contributed by atoms with van der Waals surface area (Å²) in [5.41, 5.74) is 0. The molecule has 0 bridgehead atoms. The van der Waals surface area contributed by atoms with Crippen LogP contribution in [-0.4, -0.2) is 33.0 Å². The van der Waals surface area contributed by atoms with Crippen molar-refractivity contribution in [2.24, 2.45) is 0 Å². The van der Waals surface area contributed by atoms with Crippen LogP contribution in [0.15, 0.2) is 48.8 Å². The van der Waals surface area contributed by atoms with Crippen LogP contribution in [0.3, 0.4) is 0 Å². The highest BCUT2D eigenvalue weighted by Crippen LogP contribution is 2.32. The number of benzene rings is 1. The van der Waals surface area contributed by atoms with Gasteiger partial charge in [0.25, 0.3) is 0 Å². The molecule has 1 aliphatic rings. The van der Waals surface area contributed by atoms with Crippen molar-refractivity contribution in [2.75, 3.05) is 19.6 Å². The molecule has 1 aromatic carbocycles. The predicted octanol–water partition coefficient (Wildman–Crippen LogP) is 4.06. The fraction of sp³-hybridized carbons (Fsp3) is 0.375. The Labute approximate surface area is 162 Å². The zero-order valence-corrected chi connectivity index (χ0v) is 17.2. The van der Waals surface area contributed by atoms with Gasteiger partial charge in [-0.1, -0.05) is 0 Å². The van der Waals surface area contributed by atoms with Crippen molar-refractivity contribution >= 4 is 41.9 Å². The first-order valence-electron chi connectivity index (χ1n) is 7.80.